The van der Waals surface area contributed by atoms with Gasteiger partial charge < -0.3 is 10.6 Å². The summed E-state index contributed by atoms with van der Waals surface area (Å²) in [5.74, 6) is -0.0816. The van der Waals surface area contributed by atoms with Gasteiger partial charge in [0.05, 0.1) is 22.3 Å². The lowest BCUT2D eigenvalue weighted by molar-refractivity contribution is 0.0733. The van der Waals surface area contributed by atoms with Gasteiger partial charge in [0.1, 0.15) is 10.7 Å². The Hall–Kier alpha value is -2.51. The third-order valence-corrected chi connectivity index (χ3v) is 6.15. The number of hydrogen-bond acceptors (Lipinski definition) is 5. The van der Waals surface area contributed by atoms with Crippen LogP contribution >= 0.6 is 11.3 Å². The van der Waals surface area contributed by atoms with Gasteiger partial charge in [0.15, 0.2) is 0 Å². The molecule has 3 aromatic rings. The molecule has 1 amide bonds. The topological polar surface area (TPSA) is 77.0 Å². The van der Waals surface area contributed by atoms with Crippen LogP contribution in [0, 0.1) is 13.8 Å². The molecule has 1 aromatic carbocycles. The molecule has 0 fully saturated rings. The molecule has 142 valence electrons. The first-order valence-electron chi connectivity index (χ1n) is 8.86. The van der Waals surface area contributed by atoms with Crippen LogP contribution in [0.1, 0.15) is 45.3 Å². The van der Waals surface area contributed by atoms with Crippen molar-refractivity contribution >= 4 is 17.2 Å². The molecule has 0 aliphatic rings. The van der Waals surface area contributed by atoms with E-state index in [9.17, 15) is 4.79 Å². The van der Waals surface area contributed by atoms with Crippen molar-refractivity contribution in [3.05, 3.63) is 57.9 Å². The molecular weight excluding hydrogens is 358 g/mol. The fraction of sp³-hybridized carbons (Fsp3) is 0.350. The number of thiazole rings is 1. The van der Waals surface area contributed by atoms with Crippen LogP contribution in [0.15, 0.2) is 30.3 Å². The molecule has 2 heterocycles. The van der Waals surface area contributed by atoms with E-state index in [1.807, 2.05) is 20.9 Å². The second kappa shape index (κ2) is 7.62. The van der Waals surface area contributed by atoms with Gasteiger partial charge in [0.25, 0.3) is 5.91 Å². The minimum atomic E-state index is -0.0922. The van der Waals surface area contributed by atoms with Crippen molar-refractivity contribution in [1.29, 1.82) is 0 Å². The summed E-state index contributed by atoms with van der Waals surface area (Å²) in [4.78, 5) is 20.5. The summed E-state index contributed by atoms with van der Waals surface area (Å²) in [5.41, 5.74) is 10.2. The number of carbonyl (C=O) groups excluding carboxylic acids is 1. The van der Waals surface area contributed by atoms with Crippen LogP contribution in [-0.4, -0.2) is 32.6 Å². The highest BCUT2D eigenvalue weighted by atomic mass is 32.1. The Balaban J connectivity index is 1.86. The van der Waals surface area contributed by atoms with Crippen molar-refractivity contribution in [2.24, 2.45) is 12.8 Å². The van der Waals surface area contributed by atoms with Crippen molar-refractivity contribution in [3.63, 3.8) is 0 Å². The number of amides is 1. The lowest BCUT2D eigenvalue weighted by Gasteiger charge is -2.24. The largest absolute Gasteiger partial charge is 0.333 e. The molecule has 0 radical (unpaired) electrons. The highest BCUT2D eigenvalue weighted by Gasteiger charge is 2.25. The highest BCUT2D eigenvalue weighted by Crippen LogP contribution is 2.34. The molecule has 0 bridgehead atoms. The molecule has 3 rings (SSSR count). The molecule has 0 saturated heterocycles. The minimum Gasteiger partial charge on any atom is -0.333 e. The predicted octanol–water partition coefficient (Wildman–Crippen LogP) is 3.45. The summed E-state index contributed by atoms with van der Waals surface area (Å²) < 4.78 is 1.59. The second-order valence-electron chi connectivity index (χ2n) is 6.78. The van der Waals surface area contributed by atoms with Crippen LogP contribution in [0.3, 0.4) is 0 Å². The molecule has 0 aliphatic heterocycles. The van der Waals surface area contributed by atoms with Gasteiger partial charge in [-0.05, 0) is 26.8 Å². The number of carbonyl (C=O) groups is 1. The molecule has 0 saturated carbocycles. The Morgan fingerprint density at radius 3 is 2.56 bits per heavy atom. The molecular formula is C20H25N5OS. The van der Waals surface area contributed by atoms with E-state index in [1.165, 1.54) is 5.56 Å². The average Bonchev–Trinajstić information content (AvgIpc) is 3.23. The van der Waals surface area contributed by atoms with Gasteiger partial charge in [0.2, 0.25) is 0 Å². The van der Waals surface area contributed by atoms with Crippen molar-refractivity contribution in [2.45, 2.75) is 33.4 Å². The van der Waals surface area contributed by atoms with E-state index >= 15 is 0 Å². The maximum atomic E-state index is 12.9. The van der Waals surface area contributed by atoms with Crippen molar-refractivity contribution < 1.29 is 4.79 Å². The van der Waals surface area contributed by atoms with Gasteiger partial charge in [-0.2, -0.15) is 5.10 Å². The predicted molar refractivity (Wildman–Crippen MR) is 109 cm³/mol. The zero-order valence-corrected chi connectivity index (χ0v) is 17.2. The molecule has 1 atom stereocenters. The Labute approximate surface area is 163 Å². The van der Waals surface area contributed by atoms with Gasteiger partial charge in [0, 0.05) is 26.2 Å². The smallest absolute Gasteiger partial charge is 0.272 e. The first-order valence-corrected chi connectivity index (χ1v) is 9.68. The summed E-state index contributed by atoms with van der Waals surface area (Å²) >= 11 is 1.63. The van der Waals surface area contributed by atoms with Gasteiger partial charge in [-0.3, -0.25) is 9.48 Å². The SMILES string of the molecule is Cc1ccc(-c2nc(C)c(C(C)N(C)C(=O)c3cc(CN)nn3C)s2)cc1. The minimum absolute atomic E-state index is 0.0816. The lowest BCUT2D eigenvalue weighted by Crippen LogP contribution is -2.31. The number of nitrogens with zero attached hydrogens (tertiary/aromatic N) is 4. The summed E-state index contributed by atoms with van der Waals surface area (Å²) in [5, 5.41) is 5.24. The van der Waals surface area contributed by atoms with Gasteiger partial charge in [-0.25, -0.2) is 4.98 Å². The number of benzene rings is 1. The summed E-state index contributed by atoms with van der Waals surface area (Å²) in [6.45, 7) is 6.40. The second-order valence-corrected chi connectivity index (χ2v) is 7.81. The molecule has 1 unspecified atom stereocenters. The van der Waals surface area contributed by atoms with Crippen LogP contribution in [-0.2, 0) is 13.6 Å². The summed E-state index contributed by atoms with van der Waals surface area (Å²) in [6, 6.07) is 10.0. The first kappa shape index (κ1) is 19.3. The van der Waals surface area contributed by atoms with E-state index in [1.54, 1.807) is 34.0 Å². The number of rotatable bonds is 5. The Kier molecular flexibility index (Phi) is 5.43. The van der Waals surface area contributed by atoms with Crippen LogP contribution in [0.5, 0.6) is 0 Å². The number of hydrogen-bond donors (Lipinski definition) is 1. The molecule has 0 spiro atoms. The Morgan fingerprint density at radius 2 is 1.96 bits per heavy atom. The standard InChI is InChI=1S/C20H25N5OS/c1-12-6-8-15(9-7-12)19-22-13(2)18(27-19)14(3)24(4)20(26)17-10-16(11-21)23-25(17)5/h6-10,14H,11,21H2,1-5H3. The Morgan fingerprint density at radius 1 is 1.30 bits per heavy atom. The van der Waals surface area contributed by atoms with E-state index < -0.39 is 0 Å². The zero-order chi connectivity index (χ0) is 19.7. The summed E-state index contributed by atoms with van der Waals surface area (Å²) in [6.07, 6.45) is 0. The van der Waals surface area contributed by atoms with Crippen molar-refractivity contribution in [2.75, 3.05) is 7.05 Å². The molecule has 6 nitrogen and oxygen atoms in total. The van der Waals surface area contributed by atoms with Crippen LogP contribution in [0.2, 0.25) is 0 Å². The number of nitrogens with two attached hydrogens (primary N) is 1. The first-order chi connectivity index (χ1) is 12.8. The maximum absolute atomic E-state index is 12.9. The zero-order valence-electron chi connectivity index (χ0n) is 16.4. The number of aromatic nitrogens is 3. The quantitative estimate of drug-likeness (QED) is 0.732. The van der Waals surface area contributed by atoms with E-state index in [0.717, 1.165) is 21.1 Å². The van der Waals surface area contributed by atoms with E-state index in [0.29, 0.717) is 17.9 Å². The third-order valence-electron chi connectivity index (χ3n) is 4.77. The van der Waals surface area contributed by atoms with Crippen molar-refractivity contribution in [1.82, 2.24) is 19.7 Å². The normalized spacial score (nSPS) is 12.2. The molecule has 0 aliphatic carbocycles. The van der Waals surface area contributed by atoms with Crippen LogP contribution < -0.4 is 5.73 Å². The Bertz CT molecular complexity index is 957. The van der Waals surface area contributed by atoms with Gasteiger partial charge in [-0.1, -0.05) is 29.8 Å². The van der Waals surface area contributed by atoms with E-state index in [2.05, 4.69) is 36.3 Å². The van der Waals surface area contributed by atoms with Gasteiger partial charge >= 0.3 is 0 Å². The number of aryl methyl sites for hydroxylation is 3. The third kappa shape index (κ3) is 3.79. The van der Waals surface area contributed by atoms with E-state index in [4.69, 9.17) is 10.7 Å². The fourth-order valence-electron chi connectivity index (χ4n) is 2.97. The molecule has 2 aromatic heterocycles. The summed E-state index contributed by atoms with van der Waals surface area (Å²) in [7, 11) is 3.57. The molecule has 27 heavy (non-hydrogen) atoms. The molecule has 7 heteroatoms. The molecule has 2 N–H and O–H groups in total. The monoisotopic (exact) mass is 383 g/mol. The maximum Gasteiger partial charge on any atom is 0.272 e. The van der Waals surface area contributed by atoms with Gasteiger partial charge in [-0.15, -0.1) is 11.3 Å². The van der Waals surface area contributed by atoms with E-state index in [-0.39, 0.29) is 11.9 Å². The fourth-order valence-corrected chi connectivity index (χ4v) is 4.14. The highest BCUT2D eigenvalue weighted by molar-refractivity contribution is 7.15. The van der Waals surface area contributed by atoms with Crippen LogP contribution in [0.25, 0.3) is 10.6 Å². The average molecular weight is 384 g/mol. The van der Waals surface area contributed by atoms with Crippen molar-refractivity contribution in [3.8, 4) is 10.6 Å². The lowest BCUT2D eigenvalue weighted by atomic mass is 10.1. The van der Waals surface area contributed by atoms with Crippen LogP contribution in [0.4, 0.5) is 0 Å².